The lowest BCUT2D eigenvalue weighted by Crippen LogP contribution is -2.48. The second kappa shape index (κ2) is 25.0. The molecule has 300 valence electrons. The average molecular weight is 791 g/mol. The number of hydrogen-bond donors (Lipinski definition) is 3. The number of anilines is 2. The molecule has 10 nitrogen and oxygen atoms in total. The Balaban J connectivity index is 0.000000211. The summed E-state index contributed by atoms with van der Waals surface area (Å²) >= 11 is 5.10. The van der Waals surface area contributed by atoms with Gasteiger partial charge in [0.25, 0.3) is 0 Å². The zero-order chi connectivity index (χ0) is 40.7. The third-order valence-electron chi connectivity index (χ3n) is 9.23. The molecule has 0 aliphatic carbocycles. The second-order valence-electron chi connectivity index (χ2n) is 13.9. The molecule has 3 amide bonds. The largest absolute Gasteiger partial charge is 0.337 e. The molecule has 0 spiro atoms. The smallest absolute Gasteiger partial charge is 0.246 e. The van der Waals surface area contributed by atoms with E-state index >= 15 is 0 Å². The highest BCUT2D eigenvalue weighted by Gasteiger charge is 2.20. The number of rotatable bonds is 12. The van der Waals surface area contributed by atoms with Gasteiger partial charge < -0.3 is 25.8 Å². The molecule has 0 atom stereocenters. The van der Waals surface area contributed by atoms with E-state index in [1.807, 2.05) is 134 Å². The lowest BCUT2D eigenvalue weighted by molar-refractivity contribution is -0.128. The van der Waals surface area contributed by atoms with Crippen LogP contribution in [0.5, 0.6) is 0 Å². The zero-order valence-electron chi connectivity index (χ0n) is 33.0. The second-order valence-corrected chi connectivity index (χ2v) is 14.3. The summed E-state index contributed by atoms with van der Waals surface area (Å²) in [7, 11) is 0. The number of nitrogens with zero attached hydrogens (tertiary/aromatic N) is 3. The summed E-state index contributed by atoms with van der Waals surface area (Å²) in [5.74, 6) is 0.162. The Morgan fingerprint density at radius 3 is 1.51 bits per heavy atom. The van der Waals surface area contributed by atoms with Crippen molar-refractivity contribution in [2.45, 2.75) is 26.7 Å². The van der Waals surface area contributed by atoms with Gasteiger partial charge in [-0.1, -0.05) is 91.0 Å². The summed E-state index contributed by atoms with van der Waals surface area (Å²) in [6.45, 7) is 12.7. The predicted octanol–water partition coefficient (Wildman–Crippen LogP) is 6.88. The molecule has 4 aromatic rings. The van der Waals surface area contributed by atoms with Gasteiger partial charge in [-0.05, 0) is 84.1 Å². The normalized spacial score (nSPS) is 14.5. The van der Waals surface area contributed by atoms with E-state index in [1.54, 1.807) is 12.2 Å². The van der Waals surface area contributed by atoms with E-state index in [0.717, 1.165) is 79.4 Å². The minimum Gasteiger partial charge on any atom is -0.337 e. The summed E-state index contributed by atoms with van der Waals surface area (Å²) < 4.78 is 0. The summed E-state index contributed by atoms with van der Waals surface area (Å²) in [5, 5.41) is 8.74. The van der Waals surface area contributed by atoms with E-state index < -0.39 is 5.24 Å². The molecule has 6 rings (SSSR count). The van der Waals surface area contributed by atoms with Crippen molar-refractivity contribution in [2.75, 3.05) is 76.1 Å². The number of nitrogens with one attached hydrogen (secondary N) is 3. The van der Waals surface area contributed by atoms with Crippen LogP contribution in [0, 0.1) is 13.8 Å². The number of aryl methyl sites for hydroxylation is 2. The Morgan fingerprint density at radius 2 is 1.05 bits per heavy atom. The van der Waals surface area contributed by atoms with Crippen LogP contribution in [-0.2, 0) is 19.2 Å². The number of hydrogen-bond acceptors (Lipinski definition) is 7. The monoisotopic (exact) mass is 790 g/mol. The minimum absolute atomic E-state index is 0.0231. The first-order chi connectivity index (χ1) is 27.6. The van der Waals surface area contributed by atoms with Gasteiger partial charge in [-0.15, -0.1) is 0 Å². The highest BCUT2D eigenvalue weighted by atomic mass is 35.5. The number of allylic oxidation sites excluding steroid dienone is 1. The molecule has 2 aliphatic rings. The number of benzene rings is 4. The van der Waals surface area contributed by atoms with E-state index in [-0.39, 0.29) is 17.7 Å². The van der Waals surface area contributed by atoms with Gasteiger partial charge in [0.05, 0.1) is 0 Å². The number of halogens is 1. The quantitative estimate of drug-likeness (QED) is 0.106. The summed E-state index contributed by atoms with van der Waals surface area (Å²) in [6, 6.07) is 35.0. The van der Waals surface area contributed by atoms with Crippen LogP contribution in [0.15, 0.2) is 121 Å². The van der Waals surface area contributed by atoms with Crippen LogP contribution in [0.2, 0.25) is 0 Å². The minimum atomic E-state index is -0.450. The van der Waals surface area contributed by atoms with Crippen LogP contribution in [0.4, 0.5) is 11.4 Å². The Hall–Kier alpha value is -5.39. The van der Waals surface area contributed by atoms with E-state index in [9.17, 15) is 19.2 Å². The van der Waals surface area contributed by atoms with Crippen molar-refractivity contribution in [3.05, 3.63) is 144 Å². The number of piperazine rings is 2. The molecule has 57 heavy (non-hydrogen) atoms. The highest BCUT2D eigenvalue weighted by Crippen LogP contribution is 2.12. The number of carbonyl (C=O) groups is 4. The van der Waals surface area contributed by atoms with Crippen LogP contribution in [0.1, 0.15) is 35.1 Å². The molecule has 0 bridgehead atoms. The standard InChI is InChI=1S/C23H27N3O2.C14H21N3O.C9H7ClO/c1-19-6-5-9-21(18-19)24-22(27)12-13-25-14-16-26(17-15-25)23(28)11-10-20-7-3-2-4-8-20;1-12-3-2-4-13(11-12)16-14(18)5-8-17-9-6-15-7-10-17;10-9(11)7-6-8-4-2-1-3-5-8/h2-11,18H,12-17H2,1H3,(H,24,27);2-4,11,15H,5-10H2,1H3,(H,16,18);1-7H/b11-10+;;7-6+. The van der Waals surface area contributed by atoms with Gasteiger partial charge in [0, 0.05) is 95.7 Å². The lowest BCUT2D eigenvalue weighted by Gasteiger charge is -2.34. The van der Waals surface area contributed by atoms with Crippen LogP contribution in [-0.4, -0.2) is 103 Å². The van der Waals surface area contributed by atoms with Crippen LogP contribution in [0.3, 0.4) is 0 Å². The molecule has 2 heterocycles. The first kappa shape index (κ1) is 44.3. The molecule has 0 radical (unpaired) electrons. The third kappa shape index (κ3) is 18.4. The molecule has 0 saturated carbocycles. The predicted molar refractivity (Wildman–Crippen MR) is 233 cm³/mol. The fraction of sp³-hybridized carbons (Fsp3) is 0.304. The van der Waals surface area contributed by atoms with Crippen molar-refractivity contribution in [2.24, 2.45) is 0 Å². The van der Waals surface area contributed by atoms with Crippen molar-refractivity contribution in [1.29, 1.82) is 0 Å². The van der Waals surface area contributed by atoms with Crippen molar-refractivity contribution in [1.82, 2.24) is 20.0 Å². The third-order valence-corrected chi connectivity index (χ3v) is 9.36. The number of amides is 3. The first-order valence-electron chi connectivity index (χ1n) is 19.5. The van der Waals surface area contributed by atoms with Crippen LogP contribution >= 0.6 is 11.6 Å². The van der Waals surface area contributed by atoms with Gasteiger partial charge in [-0.3, -0.25) is 24.1 Å². The molecule has 2 aliphatic heterocycles. The van der Waals surface area contributed by atoms with E-state index in [1.165, 1.54) is 6.08 Å². The van der Waals surface area contributed by atoms with Gasteiger partial charge in [0.15, 0.2) is 0 Å². The van der Waals surface area contributed by atoms with Gasteiger partial charge in [0.2, 0.25) is 23.0 Å². The molecule has 11 heteroatoms. The maximum absolute atomic E-state index is 12.3. The fourth-order valence-electron chi connectivity index (χ4n) is 6.10. The molecule has 0 unspecified atom stereocenters. The fourth-order valence-corrected chi connectivity index (χ4v) is 6.16. The Kier molecular flexibility index (Phi) is 19.4. The van der Waals surface area contributed by atoms with E-state index in [2.05, 4.69) is 25.8 Å². The van der Waals surface area contributed by atoms with E-state index in [4.69, 9.17) is 11.6 Å². The molecule has 3 N–H and O–H groups in total. The topological polar surface area (TPSA) is 114 Å². The first-order valence-corrected chi connectivity index (χ1v) is 19.8. The van der Waals surface area contributed by atoms with E-state index in [0.29, 0.717) is 32.5 Å². The van der Waals surface area contributed by atoms with Gasteiger partial charge in [0.1, 0.15) is 0 Å². The number of carbonyl (C=O) groups excluding carboxylic acids is 4. The summed E-state index contributed by atoms with van der Waals surface area (Å²) in [6.07, 6.45) is 7.51. The highest BCUT2D eigenvalue weighted by molar-refractivity contribution is 6.66. The van der Waals surface area contributed by atoms with Gasteiger partial charge >= 0.3 is 0 Å². The molecule has 4 aromatic carbocycles. The lowest BCUT2D eigenvalue weighted by atomic mass is 10.2. The molecular formula is C46H55ClN6O4. The zero-order valence-corrected chi connectivity index (χ0v) is 33.8. The van der Waals surface area contributed by atoms with Crippen molar-refractivity contribution in [3.8, 4) is 0 Å². The molecule has 2 fully saturated rings. The summed E-state index contributed by atoms with van der Waals surface area (Å²) in [4.78, 5) is 53.0. The van der Waals surface area contributed by atoms with Crippen molar-refractivity contribution in [3.63, 3.8) is 0 Å². The maximum Gasteiger partial charge on any atom is 0.246 e. The molecule has 0 aromatic heterocycles. The molecule has 2 saturated heterocycles. The average Bonchev–Trinajstić information content (AvgIpc) is 3.22. The Bertz CT molecular complexity index is 1910. The van der Waals surface area contributed by atoms with Crippen LogP contribution < -0.4 is 16.0 Å². The molecular weight excluding hydrogens is 736 g/mol. The van der Waals surface area contributed by atoms with Crippen molar-refractivity contribution < 1.29 is 19.2 Å². The van der Waals surface area contributed by atoms with Crippen molar-refractivity contribution >= 4 is 58.1 Å². The Labute approximate surface area is 342 Å². The van der Waals surface area contributed by atoms with Crippen LogP contribution in [0.25, 0.3) is 12.2 Å². The maximum atomic E-state index is 12.3. The summed E-state index contributed by atoms with van der Waals surface area (Å²) in [5.41, 5.74) is 6.01. The van der Waals surface area contributed by atoms with Gasteiger partial charge in [-0.2, -0.15) is 0 Å². The van der Waals surface area contributed by atoms with Gasteiger partial charge in [-0.25, -0.2) is 0 Å². The Morgan fingerprint density at radius 1 is 0.596 bits per heavy atom. The SMILES string of the molecule is Cc1cccc(NC(=O)CCN2CCN(C(=O)/C=C/c3ccccc3)CC2)c1.Cc1cccc(NC(=O)CCN2CCNCC2)c1.O=C(Cl)/C=C/c1ccccc1.